The van der Waals surface area contributed by atoms with E-state index < -0.39 is 0 Å². The van der Waals surface area contributed by atoms with Gasteiger partial charge in [0, 0.05) is 24.9 Å². The predicted octanol–water partition coefficient (Wildman–Crippen LogP) is 0.977. The Hall–Kier alpha value is -0.900. The van der Waals surface area contributed by atoms with Crippen LogP contribution in [-0.4, -0.2) is 27.8 Å². The zero-order valence-corrected chi connectivity index (χ0v) is 8.29. The standard InChI is InChI=1S/C10H16N4/c1-2-7(1)10-12-9(13-14-10)5-6-11-8-3-4-8/h7-8,11H,1-6H2,(H,12,13,14). The monoisotopic (exact) mass is 192 g/mol. The number of H-pyrrole nitrogens is 1. The minimum absolute atomic E-state index is 0.663. The molecule has 0 amide bonds. The summed E-state index contributed by atoms with van der Waals surface area (Å²) in [6.07, 6.45) is 6.24. The van der Waals surface area contributed by atoms with E-state index in [1.54, 1.807) is 0 Å². The van der Waals surface area contributed by atoms with Crippen LogP contribution in [0.5, 0.6) is 0 Å². The number of hydrogen-bond acceptors (Lipinski definition) is 3. The van der Waals surface area contributed by atoms with Gasteiger partial charge in [0.05, 0.1) is 0 Å². The van der Waals surface area contributed by atoms with E-state index in [0.717, 1.165) is 30.7 Å². The Morgan fingerprint density at radius 2 is 2.14 bits per heavy atom. The first kappa shape index (κ1) is 8.41. The van der Waals surface area contributed by atoms with E-state index in [2.05, 4.69) is 20.5 Å². The van der Waals surface area contributed by atoms with Crippen molar-refractivity contribution in [1.82, 2.24) is 20.5 Å². The van der Waals surface area contributed by atoms with Crippen LogP contribution in [0.2, 0.25) is 0 Å². The smallest absolute Gasteiger partial charge is 0.153 e. The fraction of sp³-hybridized carbons (Fsp3) is 0.800. The van der Waals surface area contributed by atoms with Gasteiger partial charge in [-0.05, 0) is 25.7 Å². The summed E-state index contributed by atoms with van der Waals surface area (Å²) in [5.41, 5.74) is 0. The van der Waals surface area contributed by atoms with Gasteiger partial charge in [-0.3, -0.25) is 5.10 Å². The number of aromatic amines is 1. The first-order chi connectivity index (χ1) is 6.92. The zero-order chi connectivity index (χ0) is 9.38. The van der Waals surface area contributed by atoms with E-state index in [1.807, 2.05) is 0 Å². The van der Waals surface area contributed by atoms with Gasteiger partial charge in [-0.1, -0.05) is 0 Å². The zero-order valence-electron chi connectivity index (χ0n) is 8.29. The molecule has 3 rings (SSSR count). The molecule has 0 radical (unpaired) electrons. The van der Waals surface area contributed by atoms with Gasteiger partial charge in [0.25, 0.3) is 0 Å². The molecule has 2 aliphatic rings. The highest BCUT2D eigenvalue weighted by Crippen LogP contribution is 2.37. The Labute approximate surface area is 83.5 Å². The minimum atomic E-state index is 0.663. The van der Waals surface area contributed by atoms with Crippen molar-refractivity contribution in [2.45, 2.75) is 44.1 Å². The SMILES string of the molecule is C(Cc1nc(C2CC2)n[nH]1)NC1CC1. The Kier molecular flexibility index (Phi) is 2.01. The summed E-state index contributed by atoms with van der Waals surface area (Å²) >= 11 is 0. The Bertz CT molecular complexity index is 312. The molecule has 14 heavy (non-hydrogen) atoms. The minimum Gasteiger partial charge on any atom is -0.314 e. The Morgan fingerprint density at radius 1 is 1.29 bits per heavy atom. The summed E-state index contributed by atoms with van der Waals surface area (Å²) in [6, 6.07) is 0.792. The third-order valence-electron chi connectivity index (χ3n) is 2.86. The lowest BCUT2D eigenvalue weighted by molar-refractivity contribution is 0.667. The molecule has 2 N–H and O–H groups in total. The molecule has 1 heterocycles. The number of nitrogens with zero attached hydrogens (tertiary/aromatic N) is 2. The van der Waals surface area contributed by atoms with Crippen molar-refractivity contribution in [3.63, 3.8) is 0 Å². The molecule has 0 aliphatic heterocycles. The lowest BCUT2D eigenvalue weighted by Gasteiger charge is -1.98. The maximum atomic E-state index is 4.48. The van der Waals surface area contributed by atoms with Gasteiger partial charge in [-0.15, -0.1) is 0 Å². The molecule has 1 aromatic rings. The molecule has 0 atom stereocenters. The van der Waals surface area contributed by atoms with Crippen LogP contribution in [0.3, 0.4) is 0 Å². The molecular formula is C10H16N4. The molecule has 2 aliphatic carbocycles. The average molecular weight is 192 g/mol. The summed E-state index contributed by atoms with van der Waals surface area (Å²) in [7, 11) is 0. The molecule has 1 aromatic heterocycles. The normalized spacial score (nSPS) is 21.4. The van der Waals surface area contributed by atoms with Gasteiger partial charge in [0.2, 0.25) is 0 Å². The summed E-state index contributed by atoms with van der Waals surface area (Å²) in [5, 5.41) is 10.7. The number of hydrogen-bond donors (Lipinski definition) is 2. The maximum absolute atomic E-state index is 4.48. The Morgan fingerprint density at radius 3 is 2.86 bits per heavy atom. The topological polar surface area (TPSA) is 53.6 Å². The van der Waals surface area contributed by atoms with Crippen LogP contribution in [0.15, 0.2) is 0 Å². The second kappa shape index (κ2) is 3.35. The number of rotatable bonds is 5. The lowest BCUT2D eigenvalue weighted by atomic mass is 10.4. The van der Waals surface area contributed by atoms with E-state index in [0.29, 0.717) is 5.92 Å². The third kappa shape index (κ3) is 1.95. The van der Waals surface area contributed by atoms with Crippen LogP contribution in [0.25, 0.3) is 0 Å². The van der Waals surface area contributed by atoms with Crippen LogP contribution in [0, 0.1) is 0 Å². The van der Waals surface area contributed by atoms with Crippen molar-refractivity contribution in [1.29, 1.82) is 0 Å². The molecule has 4 nitrogen and oxygen atoms in total. The highest BCUT2D eigenvalue weighted by atomic mass is 15.2. The first-order valence-electron chi connectivity index (χ1n) is 5.56. The van der Waals surface area contributed by atoms with Crippen molar-refractivity contribution in [2.75, 3.05) is 6.54 Å². The molecule has 4 heteroatoms. The molecule has 76 valence electrons. The summed E-state index contributed by atoms with van der Waals surface area (Å²) in [5.74, 6) is 2.74. The van der Waals surface area contributed by atoms with Gasteiger partial charge >= 0.3 is 0 Å². The average Bonchev–Trinajstić information content (AvgIpc) is 3.07. The summed E-state index contributed by atoms with van der Waals surface area (Å²) in [4.78, 5) is 4.48. The van der Waals surface area contributed by atoms with E-state index >= 15 is 0 Å². The maximum Gasteiger partial charge on any atom is 0.153 e. The molecule has 0 saturated heterocycles. The van der Waals surface area contributed by atoms with E-state index in [1.165, 1.54) is 25.7 Å². The molecule has 2 saturated carbocycles. The van der Waals surface area contributed by atoms with Crippen molar-refractivity contribution in [3.8, 4) is 0 Å². The second-order valence-corrected chi connectivity index (χ2v) is 4.39. The molecule has 0 aromatic carbocycles. The van der Waals surface area contributed by atoms with Crippen molar-refractivity contribution in [2.24, 2.45) is 0 Å². The quantitative estimate of drug-likeness (QED) is 0.731. The van der Waals surface area contributed by atoms with E-state index in [4.69, 9.17) is 0 Å². The van der Waals surface area contributed by atoms with Gasteiger partial charge < -0.3 is 5.32 Å². The van der Waals surface area contributed by atoms with Crippen LogP contribution < -0.4 is 5.32 Å². The fourth-order valence-corrected chi connectivity index (χ4v) is 1.63. The van der Waals surface area contributed by atoms with Crippen molar-refractivity contribution < 1.29 is 0 Å². The molecule has 0 unspecified atom stereocenters. The largest absolute Gasteiger partial charge is 0.314 e. The van der Waals surface area contributed by atoms with Crippen molar-refractivity contribution >= 4 is 0 Å². The highest BCUT2D eigenvalue weighted by Gasteiger charge is 2.27. The summed E-state index contributed by atoms with van der Waals surface area (Å²) < 4.78 is 0. The van der Waals surface area contributed by atoms with Gasteiger partial charge in [-0.2, -0.15) is 5.10 Å². The van der Waals surface area contributed by atoms with E-state index in [-0.39, 0.29) is 0 Å². The highest BCUT2D eigenvalue weighted by molar-refractivity contribution is 5.05. The van der Waals surface area contributed by atoms with E-state index in [9.17, 15) is 0 Å². The number of aromatic nitrogens is 3. The van der Waals surface area contributed by atoms with Crippen molar-refractivity contribution in [3.05, 3.63) is 11.6 Å². The third-order valence-corrected chi connectivity index (χ3v) is 2.86. The molecule has 0 spiro atoms. The second-order valence-electron chi connectivity index (χ2n) is 4.39. The number of nitrogens with one attached hydrogen (secondary N) is 2. The predicted molar refractivity (Wildman–Crippen MR) is 53.1 cm³/mol. The molecule has 2 fully saturated rings. The Balaban J connectivity index is 1.49. The molecular weight excluding hydrogens is 176 g/mol. The van der Waals surface area contributed by atoms with Crippen LogP contribution in [-0.2, 0) is 6.42 Å². The fourth-order valence-electron chi connectivity index (χ4n) is 1.63. The van der Waals surface area contributed by atoms with Crippen LogP contribution in [0.4, 0.5) is 0 Å². The van der Waals surface area contributed by atoms with Crippen LogP contribution >= 0.6 is 0 Å². The first-order valence-corrected chi connectivity index (χ1v) is 5.56. The van der Waals surface area contributed by atoms with Gasteiger partial charge in [-0.25, -0.2) is 4.98 Å². The summed E-state index contributed by atoms with van der Waals surface area (Å²) in [6.45, 7) is 1.03. The van der Waals surface area contributed by atoms with Gasteiger partial charge in [0.1, 0.15) is 5.82 Å². The van der Waals surface area contributed by atoms with Crippen LogP contribution in [0.1, 0.15) is 43.3 Å². The molecule has 0 bridgehead atoms. The lowest BCUT2D eigenvalue weighted by Crippen LogP contribution is -2.19. The van der Waals surface area contributed by atoms with Gasteiger partial charge in [0.15, 0.2) is 5.82 Å².